The minimum Gasteiger partial charge on any atom is -0.497 e. The number of aryl methyl sites for hydroxylation is 1. The summed E-state index contributed by atoms with van der Waals surface area (Å²) in [6.45, 7) is 0. The molecular weight excluding hydrogens is 354 g/mol. The predicted octanol–water partition coefficient (Wildman–Crippen LogP) is 4.02. The molecule has 1 atom stereocenters. The molecule has 0 fully saturated rings. The highest BCUT2D eigenvalue weighted by Gasteiger charge is 2.28. The van der Waals surface area contributed by atoms with E-state index < -0.39 is 0 Å². The molecule has 6 heteroatoms. The van der Waals surface area contributed by atoms with Gasteiger partial charge in [-0.2, -0.15) is 0 Å². The third kappa shape index (κ3) is 3.29. The van der Waals surface area contributed by atoms with Gasteiger partial charge in [0.25, 0.3) is 0 Å². The van der Waals surface area contributed by atoms with Gasteiger partial charge >= 0.3 is 0 Å². The molecular formula is C20H26ClNO4. The van der Waals surface area contributed by atoms with Gasteiger partial charge in [0.2, 0.25) is 5.75 Å². The monoisotopic (exact) mass is 379 g/mol. The minimum absolute atomic E-state index is 0. The highest BCUT2D eigenvalue weighted by molar-refractivity contribution is 5.85. The van der Waals surface area contributed by atoms with Gasteiger partial charge in [-0.1, -0.05) is 6.07 Å². The summed E-state index contributed by atoms with van der Waals surface area (Å²) in [5.74, 6) is 2.87. The van der Waals surface area contributed by atoms with Crippen molar-refractivity contribution in [3.05, 3.63) is 35.4 Å². The number of nitrogens with one attached hydrogen (secondary N) is 1. The smallest absolute Gasteiger partial charge is 0.203 e. The number of ether oxygens (including phenoxy) is 4. The Hall–Kier alpha value is -2.11. The second kappa shape index (κ2) is 8.52. The Morgan fingerprint density at radius 3 is 2.23 bits per heavy atom. The van der Waals surface area contributed by atoms with Gasteiger partial charge in [0.15, 0.2) is 11.5 Å². The fourth-order valence-corrected chi connectivity index (χ4v) is 3.64. The minimum atomic E-state index is 0. The second-order valence-electron chi connectivity index (χ2n) is 6.01. The molecule has 5 nitrogen and oxygen atoms in total. The van der Waals surface area contributed by atoms with Crippen LogP contribution in [0.15, 0.2) is 24.3 Å². The molecule has 0 bridgehead atoms. The van der Waals surface area contributed by atoms with Crippen LogP contribution >= 0.6 is 12.4 Å². The number of benzene rings is 2. The molecule has 0 aliphatic heterocycles. The first kappa shape index (κ1) is 20.2. The van der Waals surface area contributed by atoms with Crippen LogP contribution in [0.25, 0.3) is 11.1 Å². The standard InChI is InChI=1S/C20H25NO4.ClH/c1-21-16-9-6-12-10-17(23-3)19(24-4)20(25-5)18(12)14-8-7-13(22-2)11-15(14)16;/h7-8,10-11,16,21H,6,9H2,1-5H3;1H/t16-;/m0./s1. The average molecular weight is 380 g/mol. The Bertz CT molecular complexity index is 779. The Balaban J connectivity index is 0.00000243. The zero-order valence-electron chi connectivity index (χ0n) is 15.8. The maximum absolute atomic E-state index is 5.76. The van der Waals surface area contributed by atoms with Gasteiger partial charge in [0.1, 0.15) is 5.75 Å². The molecule has 0 aromatic heterocycles. The van der Waals surface area contributed by atoms with Crippen molar-refractivity contribution in [1.82, 2.24) is 5.32 Å². The van der Waals surface area contributed by atoms with Gasteiger partial charge in [-0.3, -0.25) is 0 Å². The van der Waals surface area contributed by atoms with Gasteiger partial charge in [-0.05, 0) is 54.8 Å². The highest BCUT2D eigenvalue weighted by atomic mass is 35.5. The quantitative estimate of drug-likeness (QED) is 0.850. The third-order valence-corrected chi connectivity index (χ3v) is 4.87. The molecule has 1 aliphatic rings. The van der Waals surface area contributed by atoms with E-state index in [2.05, 4.69) is 23.5 Å². The van der Waals surface area contributed by atoms with E-state index in [-0.39, 0.29) is 18.4 Å². The molecule has 142 valence electrons. The Morgan fingerprint density at radius 1 is 0.923 bits per heavy atom. The van der Waals surface area contributed by atoms with E-state index in [0.717, 1.165) is 29.7 Å². The van der Waals surface area contributed by atoms with Crippen molar-refractivity contribution in [2.45, 2.75) is 18.9 Å². The van der Waals surface area contributed by atoms with Crippen molar-refractivity contribution in [2.75, 3.05) is 35.5 Å². The number of hydrogen-bond acceptors (Lipinski definition) is 5. The van der Waals surface area contributed by atoms with Crippen molar-refractivity contribution in [3.63, 3.8) is 0 Å². The van der Waals surface area contributed by atoms with Crippen LogP contribution in [0.5, 0.6) is 23.0 Å². The SMILES string of the molecule is CN[C@H]1CCc2cc(OC)c(OC)c(OC)c2-c2ccc(OC)cc21.Cl. The predicted molar refractivity (Wildman–Crippen MR) is 105 cm³/mol. The highest BCUT2D eigenvalue weighted by Crippen LogP contribution is 2.50. The molecule has 0 unspecified atom stereocenters. The van der Waals surface area contributed by atoms with Gasteiger partial charge in [0.05, 0.1) is 28.4 Å². The lowest BCUT2D eigenvalue weighted by Gasteiger charge is -2.21. The van der Waals surface area contributed by atoms with Crippen LogP contribution < -0.4 is 24.3 Å². The summed E-state index contributed by atoms with van der Waals surface area (Å²) in [7, 11) is 8.63. The average Bonchev–Trinajstić information content (AvgIpc) is 2.81. The third-order valence-electron chi connectivity index (χ3n) is 4.87. The molecule has 0 heterocycles. The summed E-state index contributed by atoms with van der Waals surface area (Å²) in [6.07, 6.45) is 1.89. The van der Waals surface area contributed by atoms with Crippen LogP contribution in [0.4, 0.5) is 0 Å². The largest absolute Gasteiger partial charge is 0.497 e. The van der Waals surface area contributed by atoms with Crippen LogP contribution in [0.2, 0.25) is 0 Å². The first-order valence-corrected chi connectivity index (χ1v) is 8.35. The second-order valence-corrected chi connectivity index (χ2v) is 6.01. The van der Waals surface area contributed by atoms with Crippen molar-refractivity contribution in [2.24, 2.45) is 0 Å². The molecule has 3 rings (SSSR count). The van der Waals surface area contributed by atoms with E-state index in [9.17, 15) is 0 Å². The van der Waals surface area contributed by atoms with E-state index in [1.165, 1.54) is 11.1 Å². The summed E-state index contributed by atoms with van der Waals surface area (Å²) < 4.78 is 22.3. The molecule has 0 saturated carbocycles. The van der Waals surface area contributed by atoms with E-state index in [1.807, 2.05) is 13.1 Å². The van der Waals surface area contributed by atoms with E-state index in [0.29, 0.717) is 17.2 Å². The fraction of sp³-hybridized carbons (Fsp3) is 0.400. The van der Waals surface area contributed by atoms with Crippen molar-refractivity contribution in [3.8, 4) is 34.1 Å². The van der Waals surface area contributed by atoms with Crippen molar-refractivity contribution < 1.29 is 18.9 Å². The van der Waals surface area contributed by atoms with Crippen LogP contribution in [-0.4, -0.2) is 35.5 Å². The maximum Gasteiger partial charge on any atom is 0.203 e. The summed E-state index contributed by atoms with van der Waals surface area (Å²) in [6, 6.07) is 8.47. The van der Waals surface area contributed by atoms with E-state index in [1.54, 1.807) is 28.4 Å². The Morgan fingerprint density at radius 2 is 1.65 bits per heavy atom. The zero-order valence-corrected chi connectivity index (χ0v) is 16.7. The van der Waals surface area contributed by atoms with Crippen molar-refractivity contribution >= 4 is 12.4 Å². The maximum atomic E-state index is 5.76. The summed E-state index contributed by atoms with van der Waals surface area (Å²) in [4.78, 5) is 0. The molecule has 0 spiro atoms. The summed E-state index contributed by atoms with van der Waals surface area (Å²) in [5.41, 5.74) is 4.59. The van der Waals surface area contributed by atoms with Crippen LogP contribution in [0.3, 0.4) is 0 Å². The number of rotatable bonds is 5. The van der Waals surface area contributed by atoms with Gasteiger partial charge in [-0.25, -0.2) is 0 Å². The molecule has 2 aromatic rings. The van der Waals surface area contributed by atoms with E-state index >= 15 is 0 Å². The number of halogens is 1. The summed E-state index contributed by atoms with van der Waals surface area (Å²) in [5, 5.41) is 3.42. The molecule has 2 aromatic carbocycles. The molecule has 0 saturated heterocycles. The number of hydrogen-bond donors (Lipinski definition) is 1. The Labute approximate surface area is 161 Å². The lowest BCUT2D eigenvalue weighted by Crippen LogP contribution is -2.16. The van der Waals surface area contributed by atoms with Crippen LogP contribution in [-0.2, 0) is 6.42 Å². The molecule has 1 N–H and O–H groups in total. The fourth-order valence-electron chi connectivity index (χ4n) is 3.64. The first-order valence-electron chi connectivity index (χ1n) is 8.35. The van der Waals surface area contributed by atoms with Crippen molar-refractivity contribution in [1.29, 1.82) is 0 Å². The molecule has 0 radical (unpaired) electrons. The molecule has 0 amide bonds. The number of fused-ring (bicyclic) bond motifs is 3. The topological polar surface area (TPSA) is 49.0 Å². The van der Waals surface area contributed by atoms with E-state index in [4.69, 9.17) is 18.9 Å². The number of methoxy groups -OCH3 is 4. The van der Waals surface area contributed by atoms with Gasteiger partial charge in [-0.15, -0.1) is 12.4 Å². The summed E-state index contributed by atoms with van der Waals surface area (Å²) >= 11 is 0. The van der Waals surface area contributed by atoms with Crippen LogP contribution in [0.1, 0.15) is 23.6 Å². The molecule has 1 aliphatic carbocycles. The zero-order chi connectivity index (χ0) is 18.0. The van der Waals surface area contributed by atoms with Gasteiger partial charge < -0.3 is 24.3 Å². The Kier molecular flexibility index (Phi) is 6.62. The normalized spacial score (nSPS) is 15.0. The first-order chi connectivity index (χ1) is 12.2. The lowest BCUT2D eigenvalue weighted by atomic mass is 9.93. The lowest BCUT2D eigenvalue weighted by molar-refractivity contribution is 0.324. The van der Waals surface area contributed by atoms with Crippen LogP contribution in [0, 0.1) is 0 Å². The van der Waals surface area contributed by atoms with Gasteiger partial charge in [0, 0.05) is 11.6 Å². The molecule has 26 heavy (non-hydrogen) atoms.